The van der Waals surface area contributed by atoms with Gasteiger partial charge in [-0.2, -0.15) is 0 Å². The van der Waals surface area contributed by atoms with Gasteiger partial charge in [0.1, 0.15) is 5.82 Å². The molecule has 1 N–H and O–H groups in total. The highest BCUT2D eigenvalue weighted by molar-refractivity contribution is 5.75. The molecule has 114 valence electrons. The van der Waals surface area contributed by atoms with E-state index in [1.54, 1.807) is 0 Å². The zero-order valence-corrected chi connectivity index (χ0v) is 12.7. The fourth-order valence-electron chi connectivity index (χ4n) is 2.87. The number of hydrogen-bond acceptors (Lipinski definition) is 4. The maximum absolute atomic E-state index is 5.53. The summed E-state index contributed by atoms with van der Waals surface area (Å²) in [7, 11) is 0. The molecule has 5 nitrogen and oxygen atoms in total. The van der Waals surface area contributed by atoms with E-state index in [4.69, 9.17) is 9.72 Å². The van der Waals surface area contributed by atoms with Crippen LogP contribution in [-0.2, 0) is 17.8 Å². The molecule has 0 saturated carbocycles. The van der Waals surface area contributed by atoms with Crippen molar-refractivity contribution in [1.82, 2.24) is 19.8 Å². The van der Waals surface area contributed by atoms with E-state index in [1.807, 2.05) is 6.92 Å². The van der Waals surface area contributed by atoms with Gasteiger partial charge in [-0.3, -0.25) is 4.90 Å². The number of hydrogen-bond donors (Lipinski definition) is 1. The van der Waals surface area contributed by atoms with Crippen molar-refractivity contribution in [3.05, 3.63) is 30.1 Å². The lowest BCUT2D eigenvalue weighted by Crippen LogP contribution is -2.43. The summed E-state index contributed by atoms with van der Waals surface area (Å²) in [5.41, 5.74) is 2.29. The molecule has 3 rings (SSSR count). The monoisotopic (exact) mass is 288 g/mol. The van der Waals surface area contributed by atoms with Crippen LogP contribution in [0.5, 0.6) is 0 Å². The average molecular weight is 288 g/mol. The molecule has 1 aliphatic rings. The van der Waals surface area contributed by atoms with Gasteiger partial charge in [0.25, 0.3) is 0 Å². The molecular weight excluding hydrogens is 264 g/mol. The predicted octanol–water partition coefficient (Wildman–Crippen LogP) is 1.48. The maximum Gasteiger partial charge on any atom is 0.124 e. The van der Waals surface area contributed by atoms with E-state index in [2.05, 4.69) is 39.0 Å². The van der Waals surface area contributed by atoms with Gasteiger partial charge in [-0.15, -0.1) is 0 Å². The van der Waals surface area contributed by atoms with Crippen molar-refractivity contribution < 1.29 is 4.74 Å². The number of benzene rings is 1. The number of imidazole rings is 1. The molecule has 1 fully saturated rings. The van der Waals surface area contributed by atoms with E-state index in [-0.39, 0.29) is 0 Å². The second-order valence-corrected chi connectivity index (χ2v) is 5.39. The van der Waals surface area contributed by atoms with E-state index in [1.165, 1.54) is 5.52 Å². The SMILES string of the molecule is CCOCCn1c(CN2CCNCC2)nc2ccccc21. The van der Waals surface area contributed by atoms with Crippen molar-refractivity contribution in [3.63, 3.8) is 0 Å². The minimum Gasteiger partial charge on any atom is -0.380 e. The van der Waals surface area contributed by atoms with Crippen LogP contribution >= 0.6 is 0 Å². The fraction of sp³-hybridized carbons (Fsp3) is 0.562. The van der Waals surface area contributed by atoms with Crippen molar-refractivity contribution in [1.29, 1.82) is 0 Å². The number of ether oxygens (including phenoxy) is 1. The lowest BCUT2D eigenvalue weighted by molar-refractivity contribution is 0.138. The van der Waals surface area contributed by atoms with Crippen molar-refractivity contribution in [3.8, 4) is 0 Å². The van der Waals surface area contributed by atoms with Crippen molar-refractivity contribution in [2.45, 2.75) is 20.0 Å². The Morgan fingerprint density at radius 2 is 2.05 bits per heavy atom. The first-order chi connectivity index (χ1) is 10.4. The minimum atomic E-state index is 0.741. The Morgan fingerprint density at radius 3 is 2.86 bits per heavy atom. The molecule has 1 aromatic heterocycles. The molecule has 0 atom stereocenters. The summed E-state index contributed by atoms with van der Waals surface area (Å²) in [5.74, 6) is 1.15. The molecule has 1 aromatic carbocycles. The topological polar surface area (TPSA) is 42.3 Å². The molecule has 1 saturated heterocycles. The molecule has 0 spiro atoms. The van der Waals surface area contributed by atoms with Crippen LogP contribution in [-0.4, -0.2) is 53.8 Å². The lowest BCUT2D eigenvalue weighted by Gasteiger charge is -2.27. The summed E-state index contributed by atoms with van der Waals surface area (Å²) in [5, 5.41) is 3.39. The normalized spacial score (nSPS) is 16.6. The first kappa shape index (κ1) is 14.5. The van der Waals surface area contributed by atoms with Crippen LogP contribution in [0, 0.1) is 0 Å². The summed E-state index contributed by atoms with van der Waals surface area (Å²) < 4.78 is 7.84. The van der Waals surface area contributed by atoms with Crippen molar-refractivity contribution in [2.75, 3.05) is 39.4 Å². The maximum atomic E-state index is 5.53. The Bertz CT molecular complexity index is 575. The average Bonchev–Trinajstić information content (AvgIpc) is 2.86. The number of piperazine rings is 1. The standard InChI is InChI=1S/C16H24N4O/c1-2-21-12-11-20-15-6-4-3-5-14(15)18-16(20)13-19-9-7-17-8-10-19/h3-6,17H,2,7-13H2,1H3. The van der Waals surface area contributed by atoms with Gasteiger partial charge in [0.2, 0.25) is 0 Å². The third-order valence-electron chi connectivity index (χ3n) is 3.97. The molecule has 5 heteroatoms. The Kier molecular flexibility index (Phi) is 4.85. The van der Waals surface area contributed by atoms with Crippen LogP contribution in [0.2, 0.25) is 0 Å². The van der Waals surface area contributed by atoms with Crippen LogP contribution in [0.1, 0.15) is 12.7 Å². The Morgan fingerprint density at radius 1 is 1.24 bits per heavy atom. The first-order valence-corrected chi connectivity index (χ1v) is 7.83. The van der Waals surface area contributed by atoms with Gasteiger partial charge >= 0.3 is 0 Å². The van der Waals surface area contributed by atoms with Gasteiger partial charge in [0, 0.05) is 39.3 Å². The minimum absolute atomic E-state index is 0.741. The summed E-state index contributed by atoms with van der Waals surface area (Å²) in [6.07, 6.45) is 0. The summed E-state index contributed by atoms with van der Waals surface area (Å²) in [6, 6.07) is 8.37. The van der Waals surface area contributed by atoms with E-state index in [0.717, 1.165) is 63.8 Å². The molecule has 1 aliphatic heterocycles. The Hall–Kier alpha value is -1.43. The number of rotatable bonds is 6. The van der Waals surface area contributed by atoms with Crippen molar-refractivity contribution in [2.24, 2.45) is 0 Å². The van der Waals surface area contributed by atoms with Gasteiger partial charge < -0.3 is 14.6 Å². The Labute approximate surface area is 125 Å². The van der Waals surface area contributed by atoms with Crippen LogP contribution in [0.25, 0.3) is 11.0 Å². The van der Waals surface area contributed by atoms with Crippen LogP contribution in [0.4, 0.5) is 0 Å². The number of fused-ring (bicyclic) bond motifs is 1. The third kappa shape index (κ3) is 3.43. The number of nitrogens with one attached hydrogen (secondary N) is 1. The zero-order chi connectivity index (χ0) is 14.5. The van der Waals surface area contributed by atoms with Crippen LogP contribution in [0.15, 0.2) is 24.3 Å². The summed E-state index contributed by atoms with van der Waals surface area (Å²) >= 11 is 0. The van der Waals surface area contributed by atoms with Gasteiger partial charge in [0.05, 0.1) is 24.2 Å². The molecule has 0 radical (unpaired) electrons. The molecule has 0 unspecified atom stereocenters. The molecule has 2 aromatic rings. The van der Waals surface area contributed by atoms with Crippen molar-refractivity contribution >= 4 is 11.0 Å². The van der Waals surface area contributed by atoms with Gasteiger partial charge in [-0.1, -0.05) is 12.1 Å². The first-order valence-electron chi connectivity index (χ1n) is 7.83. The quantitative estimate of drug-likeness (QED) is 0.818. The van der Waals surface area contributed by atoms with E-state index in [9.17, 15) is 0 Å². The smallest absolute Gasteiger partial charge is 0.124 e. The van der Waals surface area contributed by atoms with E-state index >= 15 is 0 Å². The molecule has 21 heavy (non-hydrogen) atoms. The summed E-state index contributed by atoms with van der Waals surface area (Å²) in [6.45, 7) is 9.65. The zero-order valence-electron chi connectivity index (χ0n) is 12.7. The predicted molar refractivity (Wildman–Crippen MR) is 84.4 cm³/mol. The summed E-state index contributed by atoms with van der Waals surface area (Å²) in [4.78, 5) is 7.30. The van der Waals surface area contributed by atoms with Gasteiger partial charge in [-0.05, 0) is 19.1 Å². The number of aromatic nitrogens is 2. The highest BCUT2D eigenvalue weighted by atomic mass is 16.5. The number of nitrogens with zero attached hydrogens (tertiary/aromatic N) is 3. The van der Waals surface area contributed by atoms with E-state index < -0.39 is 0 Å². The lowest BCUT2D eigenvalue weighted by atomic mass is 10.3. The second kappa shape index (κ2) is 7.02. The fourth-order valence-corrected chi connectivity index (χ4v) is 2.87. The molecule has 0 aliphatic carbocycles. The van der Waals surface area contributed by atoms with Crippen LogP contribution < -0.4 is 5.32 Å². The van der Waals surface area contributed by atoms with Crippen LogP contribution in [0.3, 0.4) is 0 Å². The van der Waals surface area contributed by atoms with Gasteiger partial charge in [0.15, 0.2) is 0 Å². The second-order valence-electron chi connectivity index (χ2n) is 5.39. The third-order valence-corrected chi connectivity index (χ3v) is 3.97. The molecular formula is C16H24N4O. The highest BCUT2D eigenvalue weighted by Crippen LogP contribution is 2.17. The molecule has 0 amide bonds. The van der Waals surface area contributed by atoms with E-state index in [0.29, 0.717) is 0 Å². The number of para-hydroxylation sites is 2. The molecule has 2 heterocycles. The molecule has 0 bridgehead atoms. The Balaban J connectivity index is 1.82. The largest absolute Gasteiger partial charge is 0.380 e. The van der Waals surface area contributed by atoms with Gasteiger partial charge in [-0.25, -0.2) is 4.98 Å². The highest BCUT2D eigenvalue weighted by Gasteiger charge is 2.15.